The number of hydrogen-bond donors (Lipinski definition) is 2. The molecule has 0 aliphatic carbocycles. The summed E-state index contributed by atoms with van der Waals surface area (Å²) in [5.41, 5.74) is 11.0. The van der Waals surface area contributed by atoms with Gasteiger partial charge < -0.3 is 11.5 Å². The van der Waals surface area contributed by atoms with Gasteiger partial charge in [0.05, 0.1) is 6.04 Å². The maximum atomic E-state index is 10.3. The van der Waals surface area contributed by atoms with E-state index in [2.05, 4.69) is 13.8 Å². The van der Waals surface area contributed by atoms with Gasteiger partial charge in [0.2, 0.25) is 6.29 Å². The quantitative estimate of drug-likeness (QED) is 0.609. The Morgan fingerprint density at radius 1 is 1.42 bits per heavy atom. The van der Waals surface area contributed by atoms with Crippen LogP contribution in [0, 0.1) is 11.8 Å². The van der Waals surface area contributed by atoms with Crippen LogP contribution in [-0.2, 0) is 4.79 Å². The molecule has 0 fully saturated rings. The van der Waals surface area contributed by atoms with Gasteiger partial charge in [-0.15, -0.1) is 0 Å². The molecule has 0 saturated heterocycles. The van der Waals surface area contributed by atoms with E-state index in [9.17, 15) is 4.79 Å². The van der Waals surface area contributed by atoms with Crippen LogP contribution in [0.5, 0.6) is 0 Å². The Morgan fingerprint density at radius 3 is 2.33 bits per heavy atom. The average molecular weight is 171 g/mol. The van der Waals surface area contributed by atoms with E-state index in [1.807, 2.05) is 6.29 Å². The van der Waals surface area contributed by atoms with Crippen LogP contribution in [0.25, 0.3) is 0 Å². The highest BCUT2D eigenvalue weighted by Crippen LogP contribution is 2.18. The van der Waals surface area contributed by atoms with Crippen LogP contribution in [0.15, 0.2) is 0 Å². The summed E-state index contributed by atoms with van der Waals surface area (Å²) in [7, 11) is 0. The first-order valence-corrected chi connectivity index (χ1v) is 4.46. The van der Waals surface area contributed by atoms with Crippen LogP contribution in [0.4, 0.5) is 0 Å². The lowest BCUT2D eigenvalue weighted by Gasteiger charge is -2.22. The SMILES string of the molecule is CC(C)C(CCCN)[C@H](N)[C]=O. The molecular weight excluding hydrogens is 152 g/mol. The molecule has 0 spiro atoms. The van der Waals surface area contributed by atoms with Crippen LogP contribution < -0.4 is 11.5 Å². The highest BCUT2D eigenvalue weighted by molar-refractivity contribution is 5.58. The molecule has 1 unspecified atom stereocenters. The monoisotopic (exact) mass is 171 g/mol. The Labute approximate surface area is 74.5 Å². The molecule has 0 rings (SSSR count). The van der Waals surface area contributed by atoms with Crippen molar-refractivity contribution in [3.8, 4) is 0 Å². The third-order valence-corrected chi connectivity index (χ3v) is 2.20. The van der Waals surface area contributed by atoms with Crippen molar-refractivity contribution in [3.05, 3.63) is 0 Å². The zero-order valence-electron chi connectivity index (χ0n) is 7.92. The van der Waals surface area contributed by atoms with Gasteiger partial charge in [0, 0.05) is 0 Å². The van der Waals surface area contributed by atoms with E-state index in [-0.39, 0.29) is 5.92 Å². The molecule has 12 heavy (non-hydrogen) atoms. The van der Waals surface area contributed by atoms with Gasteiger partial charge in [-0.1, -0.05) is 13.8 Å². The predicted molar refractivity (Wildman–Crippen MR) is 50.3 cm³/mol. The van der Waals surface area contributed by atoms with Gasteiger partial charge in [0.1, 0.15) is 0 Å². The molecule has 0 aliphatic heterocycles. The first kappa shape index (κ1) is 11.6. The lowest BCUT2D eigenvalue weighted by Crippen LogP contribution is -2.35. The maximum Gasteiger partial charge on any atom is 0.216 e. The fourth-order valence-corrected chi connectivity index (χ4v) is 1.37. The van der Waals surface area contributed by atoms with E-state index in [4.69, 9.17) is 11.5 Å². The summed E-state index contributed by atoms with van der Waals surface area (Å²) < 4.78 is 0. The third-order valence-electron chi connectivity index (χ3n) is 2.20. The number of rotatable bonds is 6. The fourth-order valence-electron chi connectivity index (χ4n) is 1.37. The molecular formula is C9H19N2O. The van der Waals surface area contributed by atoms with Crippen LogP contribution >= 0.6 is 0 Å². The number of nitrogens with two attached hydrogens (primary N) is 2. The Kier molecular flexibility index (Phi) is 5.93. The summed E-state index contributed by atoms with van der Waals surface area (Å²) in [6.07, 6.45) is 3.69. The lowest BCUT2D eigenvalue weighted by molar-refractivity contribution is 0.327. The summed E-state index contributed by atoms with van der Waals surface area (Å²) in [6.45, 7) is 4.80. The minimum atomic E-state index is -0.448. The lowest BCUT2D eigenvalue weighted by atomic mass is 9.86. The fraction of sp³-hybridized carbons (Fsp3) is 0.889. The van der Waals surface area contributed by atoms with Gasteiger partial charge >= 0.3 is 0 Å². The summed E-state index contributed by atoms with van der Waals surface area (Å²) >= 11 is 0. The van der Waals surface area contributed by atoms with Crippen LogP contribution in [-0.4, -0.2) is 18.9 Å². The van der Waals surface area contributed by atoms with Gasteiger partial charge in [0.15, 0.2) is 0 Å². The molecule has 0 amide bonds. The van der Waals surface area contributed by atoms with Crippen molar-refractivity contribution in [1.82, 2.24) is 0 Å². The molecule has 0 bridgehead atoms. The average Bonchev–Trinajstić information content (AvgIpc) is 2.04. The van der Waals surface area contributed by atoms with Crippen molar-refractivity contribution in [2.45, 2.75) is 32.7 Å². The van der Waals surface area contributed by atoms with Crippen LogP contribution in [0.3, 0.4) is 0 Å². The summed E-state index contributed by atoms with van der Waals surface area (Å²) in [5, 5.41) is 0. The summed E-state index contributed by atoms with van der Waals surface area (Å²) in [5.74, 6) is 0.652. The highest BCUT2D eigenvalue weighted by Gasteiger charge is 2.20. The molecule has 3 nitrogen and oxygen atoms in total. The van der Waals surface area contributed by atoms with Crippen molar-refractivity contribution < 1.29 is 4.79 Å². The Bertz CT molecular complexity index is 126. The number of hydrogen-bond acceptors (Lipinski definition) is 3. The predicted octanol–water partition coefficient (Wildman–Crippen LogP) is 0.435. The molecule has 4 N–H and O–H groups in total. The maximum absolute atomic E-state index is 10.3. The largest absolute Gasteiger partial charge is 0.330 e. The normalized spacial score (nSPS) is 16.1. The van der Waals surface area contributed by atoms with Crippen molar-refractivity contribution in [2.75, 3.05) is 6.54 Å². The van der Waals surface area contributed by atoms with Crippen molar-refractivity contribution in [2.24, 2.45) is 23.3 Å². The first-order valence-electron chi connectivity index (χ1n) is 4.46. The third kappa shape index (κ3) is 3.83. The van der Waals surface area contributed by atoms with Crippen LogP contribution in [0.1, 0.15) is 26.7 Å². The van der Waals surface area contributed by atoms with Gasteiger partial charge in [0.25, 0.3) is 0 Å². The standard InChI is InChI=1S/C9H19N2O/c1-7(2)8(4-3-5-10)9(11)6-12/h7-9H,3-5,10-11H2,1-2H3/t8?,9-/m1/s1. The minimum absolute atomic E-state index is 0.228. The minimum Gasteiger partial charge on any atom is -0.330 e. The first-order chi connectivity index (χ1) is 5.63. The van der Waals surface area contributed by atoms with Gasteiger partial charge in [-0.3, -0.25) is 4.79 Å². The Hall–Kier alpha value is -0.410. The smallest absolute Gasteiger partial charge is 0.216 e. The molecule has 0 aliphatic rings. The topological polar surface area (TPSA) is 69.1 Å². The Morgan fingerprint density at radius 2 is 2.00 bits per heavy atom. The second-order valence-corrected chi connectivity index (χ2v) is 3.48. The molecule has 0 saturated carbocycles. The molecule has 0 aromatic rings. The van der Waals surface area contributed by atoms with E-state index >= 15 is 0 Å². The molecule has 0 heterocycles. The van der Waals surface area contributed by atoms with Crippen molar-refractivity contribution in [3.63, 3.8) is 0 Å². The summed E-state index contributed by atoms with van der Waals surface area (Å²) in [6, 6.07) is -0.448. The molecule has 3 heteroatoms. The van der Waals surface area contributed by atoms with E-state index in [1.54, 1.807) is 0 Å². The van der Waals surface area contributed by atoms with Gasteiger partial charge in [-0.05, 0) is 31.2 Å². The summed E-state index contributed by atoms with van der Waals surface area (Å²) in [4.78, 5) is 10.3. The molecule has 0 aromatic carbocycles. The van der Waals surface area contributed by atoms with Crippen LogP contribution in [0.2, 0.25) is 0 Å². The van der Waals surface area contributed by atoms with Gasteiger partial charge in [-0.2, -0.15) is 0 Å². The second-order valence-electron chi connectivity index (χ2n) is 3.48. The van der Waals surface area contributed by atoms with E-state index in [0.717, 1.165) is 12.8 Å². The second kappa shape index (κ2) is 6.14. The zero-order valence-corrected chi connectivity index (χ0v) is 7.92. The zero-order chi connectivity index (χ0) is 9.56. The molecule has 1 radical (unpaired) electrons. The van der Waals surface area contributed by atoms with E-state index in [0.29, 0.717) is 12.5 Å². The van der Waals surface area contributed by atoms with Gasteiger partial charge in [-0.25, -0.2) is 0 Å². The number of carbonyl (C=O) groups excluding carboxylic acids is 1. The molecule has 2 atom stereocenters. The van der Waals surface area contributed by atoms with Crippen molar-refractivity contribution in [1.29, 1.82) is 0 Å². The molecule has 0 aromatic heterocycles. The Balaban J connectivity index is 3.94. The highest BCUT2D eigenvalue weighted by atomic mass is 16.1. The molecule has 71 valence electrons. The van der Waals surface area contributed by atoms with E-state index < -0.39 is 6.04 Å². The van der Waals surface area contributed by atoms with E-state index in [1.165, 1.54) is 0 Å². The van der Waals surface area contributed by atoms with Crippen molar-refractivity contribution >= 4 is 6.29 Å².